The van der Waals surface area contributed by atoms with Gasteiger partial charge in [0, 0.05) is 25.3 Å². The Bertz CT molecular complexity index is 523. The fourth-order valence-corrected chi connectivity index (χ4v) is 2.64. The minimum absolute atomic E-state index is 0.0300. The summed E-state index contributed by atoms with van der Waals surface area (Å²) >= 11 is 0. The van der Waals surface area contributed by atoms with Crippen molar-refractivity contribution in [1.82, 2.24) is 9.80 Å². The number of benzene rings is 1. The molecule has 0 bridgehead atoms. The molecule has 23 heavy (non-hydrogen) atoms. The van der Waals surface area contributed by atoms with Crippen molar-refractivity contribution < 1.29 is 14.3 Å². The quantitative estimate of drug-likeness (QED) is 0.723. The lowest BCUT2D eigenvalue weighted by Gasteiger charge is -2.34. The van der Waals surface area contributed by atoms with E-state index in [2.05, 4.69) is 10.2 Å². The largest absolute Gasteiger partial charge is 0.374 e. The number of para-hydroxylation sites is 1. The number of anilines is 1. The van der Waals surface area contributed by atoms with Crippen molar-refractivity contribution >= 4 is 17.5 Å². The molecule has 1 aromatic carbocycles. The highest BCUT2D eigenvalue weighted by molar-refractivity contribution is 5.92. The number of likely N-dealkylation sites (N-methyl/N-ethyl adjacent to an activating group) is 1. The highest BCUT2D eigenvalue weighted by atomic mass is 16.5. The van der Waals surface area contributed by atoms with Crippen LogP contribution in [0, 0.1) is 0 Å². The molecule has 1 aliphatic rings. The first-order chi connectivity index (χ1) is 11.0. The molecular formula is C16H24N4O3. The molecule has 0 aliphatic carbocycles. The van der Waals surface area contributed by atoms with Crippen LogP contribution in [0.5, 0.6) is 0 Å². The fourth-order valence-electron chi connectivity index (χ4n) is 2.64. The number of ether oxygens (including phenoxy) is 1. The predicted octanol–water partition coefficient (Wildman–Crippen LogP) is -0.257. The summed E-state index contributed by atoms with van der Waals surface area (Å²) in [5.41, 5.74) is 5.98. The smallest absolute Gasteiger partial charge is 0.238 e. The van der Waals surface area contributed by atoms with Crippen LogP contribution < -0.4 is 11.1 Å². The molecule has 2 rings (SSSR count). The number of primary amides is 1. The Morgan fingerprint density at radius 1 is 1.39 bits per heavy atom. The Balaban J connectivity index is 1.77. The number of morpholine rings is 1. The van der Waals surface area contributed by atoms with Crippen molar-refractivity contribution in [3.05, 3.63) is 30.3 Å². The first kappa shape index (κ1) is 17.4. The van der Waals surface area contributed by atoms with Crippen molar-refractivity contribution in [2.75, 3.05) is 51.7 Å². The van der Waals surface area contributed by atoms with Crippen molar-refractivity contribution in [3.63, 3.8) is 0 Å². The molecule has 3 N–H and O–H groups in total. The molecule has 0 saturated carbocycles. The molecule has 1 aromatic rings. The van der Waals surface area contributed by atoms with Gasteiger partial charge in [0.2, 0.25) is 11.8 Å². The second-order valence-corrected chi connectivity index (χ2v) is 5.81. The fraction of sp³-hybridized carbons (Fsp3) is 0.500. The third kappa shape index (κ3) is 6.35. The topological polar surface area (TPSA) is 87.9 Å². The summed E-state index contributed by atoms with van der Waals surface area (Å²) in [6, 6.07) is 9.40. The van der Waals surface area contributed by atoms with Gasteiger partial charge in [-0.15, -0.1) is 0 Å². The van der Waals surface area contributed by atoms with Gasteiger partial charge in [-0.2, -0.15) is 0 Å². The maximum absolute atomic E-state index is 12.1. The highest BCUT2D eigenvalue weighted by Crippen LogP contribution is 2.08. The summed E-state index contributed by atoms with van der Waals surface area (Å²) in [6.07, 6.45) is -0.0300. The van der Waals surface area contributed by atoms with Gasteiger partial charge in [-0.25, -0.2) is 0 Å². The number of nitrogens with two attached hydrogens (primary N) is 1. The van der Waals surface area contributed by atoms with Crippen LogP contribution in [0.15, 0.2) is 30.3 Å². The van der Waals surface area contributed by atoms with Gasteiger partial charge in [0.15, 0.2) is 0 Å². The minimum atomic E-state index is -0.359. The number of rotatable bonds is 7. The zero-order valence-electron chi connectivity index (χ0n) is 13.4. The normalized spacial score (nSPS) is 18.8. The zero-order chi connectivity index (χ0) is 16.7. The van der Waals surface area contributed by atoms with Gasteiger partial charge < -0.3 is 15.8 Å². The molecule has 1 fully saturated rings. The van der Waals surface area contributed by atoms with E-state index in [9.17, 15) is 9.59 Å². The van der Waals surface area contributed by atoms with E-state index >= 15 is 0 Å². The molecule has 1 heterocycles. The van der Waals surface area contributed by atoms with Crippen LogP contribution in [-0.2, 0) is 14.3 Å². The van der Waals surface area contributed by atoms with E-state index in [0.29, 0.717) is 26.2 Å². The van der Waals surface area contributed by atoms with Crippen molar-refractivity contribution in [1.29, 1.82) is 0 Å². The maximum Gasteiger partial charge on any atom is 0.238 e. The summed E-state index contributed by atoms with van der Waals surface area (Å²) in [4.78, 5) is 26.9. The Labute approximate surface area is 136 Å². The number of carbonyl (C=O) groups is 2. The van der Waals surface area contributed by atoms with Crippen LogP contribution in [0.1, 0.15) is 0 Å². The molecule has 7 heteroatoms. The lowest BCUT2D eigenvalue weighted by atomic mass is 10.2. The monoisotopic (exact) mass is 320 g/mol. The standard InChI is InChI=1S/C16H24N4O3/c1-19(11-15(17)21)9-14-10-20(7-8-23-14)12-16(22)18-13-5-3-2-4-6-13/h2-6,14H,7-12H2,1H3,(H2,17,21)(H,18,22)/t14-/m0/s1. The van der Waals surface area contributed by atoms with Crippen molar-refractivity contribution in [3.8, 4) is 0 Å². The number of nitrogens with zero attached hydrogens (tertiary/aromatic N) is 2. The third-order valence-corrected chi connectivity index (χ3v) is 3.59. The Hall–Kier alpha value is -1.96. The van der Waals surface area contributed by atoms with E-state index in [1.54, 1.807) is 0 Å². The van der Waals surface area contributed by atoms with Gasteiger partial charge >= 0.3 is 0 Å². The van der Waals surface area contributed by atoms with Crippen molar-refractivity contribution in [2.45, 2.75) is 6.10 Å². The average molecular weight is 320 g/mol. The number of nitrogens with one attached hydrogen (secondary N) is 1. The molecule has 0 radical (unpaired) electrons. The van der Waals surface area contributed by atoms with Gasteiger partial charge in [-0.3, -0.25) is 19.4 Å². The summed E-state index contributed by atoms with van der Waals surface area (Å²) in [5.74, 6) is -0.398. The molecule has 7 nitrogen and oxygen atoms in total. The van der Waals surface area contributed by atoms with E-state index < -0.39 is 0 Å². The van der Waals surface area contributed by atoms with Crippen LogP contribution in [0.2, 0.25) is 0 Å². The van der Waals surface area contributed by atoms with Gasteiger partial charge in [0.1, 0.15) is 0 Å². The van der Waals surface area contributed by atoms with E-state index in [1.165, 1.54) is 0 Å². The van der Waals surface area contributed by atoms with Gasteiger partial charge in [0.05, 0.1) is 25.8 Å². The number of amides is 2. The average Bonchev–Trinajstić information content (AvgIpc) is 2.47. The highest BCUT2D eigenvalue weighted by Gasteiger charge is 2.23. The summed E-state index contributed by atoms with van der Waals surface area (Å²) in [7, 11) is 1.83. The molecule has 2 amide bonds. The zero-order valence-corrected chi connectivity index (χ0v) is 13.4. The van der Waals surface area contributed by atoms with E-state index in [1.807, 2.05) is 42.3 Å². The third-order valence-electron chi connectivity index (χ3n) is 3.59. The molecule has 0 spiro atoms. The Morgan fingerprint density at radius 3 is 2.83 bits per heavy atom. The molecule has 1 aliphatic heterocycles. The first-order valence-corrected chi connectivity index (χ1v) is 7.68. The maximum atomic E-state index is 12.1. The van der Waals surface area contributed by atoms with Crippen molar-refractivity contribution in [2.24, 2.45) is 5.73 Å². The van der Waals surface area contributed by atoms with Crippen LogP contribution in [0.25, 0.3) is 0 Å². The van der Waals surface area contributed by atoms with E-state index in [0.717, 1.165) is 12.2 Å². The second kappa shape index (κ2) is 8.61. The molecule has 126 valence electrons. The number of carbonyl (C=O) groups excluding carboxylic acids is 2. The first-order valence-electron chi connectivity index (χ1n) is 7.68. The number of hydrogen-bond acceptors (Lipinski definition) is 5. The summed E-state index contributed by atoms with van der Waals surface area (Å²) < 4.78 is 5.69. The second-order valence-electron chi connectivity index (χ2n) is 5.81. The van der Waals surface area contributed by atoms with Crippen LogP contribution in [0.4, 0.5) is 5.69 Å². The van der Waals surface area contributed by atoms with E-state index in [-0.39, 0.29) is 24.5 Å². The lowest BCUT2D eigenvalue weighted by molar-refractivity contribution is -0.120. The minimum Gasteiger partial charge on any atom is -0.374 e. The number of hydrogen-bond donors (Lipinski definition) is 2. The van der Waals surface area contributed by atoms with Crippen LogP contribution >= 0.6 is 0 Å². The molecule has 0 aromatic heterocycles. The molecule has 1 saturated heterocycles. The van der Waals surface area contributed by atoms with Gasteiger partial charge in [-0.05, 0) is 19.2 Å². The molecule has 0 unspecified atom stereocenters. The molecule has 1 atom stereocenters. The molecular weight excluding hydrogens is 296 g/mol. The Morgan fingerprint density at radius 2 is 2.13 bits per heavy atom. The van der Waals surface area contributed by atoms with Crippen LogP contribution in [-0.4, -0.2) is 74.1 Å². The van der Waals surface area contributed by atoms with Gasteiger partial charge in [-0.1, -0.05) is 18.2 Å². The lowest BCUT2D eigenvalue weighted by Crippen LogP contribution is -2.49. The van der Waals surface area contributed by atoms with Crippen LogP contribution in [0.3, 0.4) is 0 Å². The summed E-state index contributed by atoms with van der Waals surface area (Å²) in [5, 5.41) is 2.88. The summed E-state index contributed by atoms with van der Waals surface area (Å²) in [6.45, 7) is 3.10. The Kier molecular flexibility index (Phi) is 6.52. The SMILES string of the molecule is CN(CC(N)=O)C[C@H]1CN(CC(=O)Nc2ccccc2)CCO1. The van der Waals surface area contributed by atoms with E-state index in [4.69, 9.17) is 10.5 Å². The van der Waals surface area contributed by atoms with Gasteiger partial charge in [0.25, 0.3) is 0 Å². The predicted molar refractivity (Wildman–Crippen MR) is 87.9 cm³/mol.